The minimum Gasteiger partial charge on any atom is -0.507 e. The molecule has 2 aromatic carbocycles. The van der Waals surface area contributed by atoms with Crippen molar-refractivity contribution in [3.05, 3.63) is 70.1 Å². The maximum atomic E-state index is 13.1. The Kier molecular flexibility index (Phi) is 7.95. The molecule has 0 bridgehead atoms. The van der Waals surface area contributed by atoms with E-state index in [9.17, 15) is 23.8 Å². The summed E-state index contributed by atoms with van der Waals surface area (Å²) in [7, 11) is 0. The molecule has 2 N–H and O–H groups in total. The fourth-order valence-electron chi connectivity index (χ4n) is 2.69. The minimum absolute atomic E-state index is 0.102. The Bertz CT molecular complexity index is 911. The average molecular weight is 402 g/mol. The van der Waals surface area contributed by atoms with E-state index in [1.807, 2.05) is 19.9 Å². The molecule has 0 saturated carbocycles. The zero-order valence-electron chi connectivity index (χ0n) is 16.4. The van der Waals surface area contributed by atoms with Gasteiger partial charge < -0.3 is 14.9 Å². The maximum Gasteiger partial charge on any atom is 0.340 e. The number of benzene rings is 2. The van der Waals surface area contributed by atoms with Crippen LogP contribution in [-0.4, -0.2) is 29.5 Å². The number of phenols is 1. The van der Waals surface area contributed by atoms with Crippen molar-refractivity contribution in [2.24, 2.45) is 0 Å². The summed E-state index contributed by atoms with van der Waals surface area (Å²) in [5.41, 5.74) is 1.97. The molecule has 0 aliphatic carbocycles. The SMILES string of the molecule is CC(C)=CCc1c(OCCCF)cc(/C=C/c2ccc(F)cc2)c(C(=O)O)c1O. The van der Waals surface area contributed by atoms with Gasteiger partial charge in [0.15, 0.2) is 0 Å². The molecule has 0 heterocycles. The van der Waals surface area contributed by atoms with Gasteiger partial charge in [0.05, 0.1) is 13.3 Å². The lowest BCUT2D eigenvalue weighted by Gasteiger charge is -2.16. The van der Waals surface area contributed by atoms with Crippen molar-refractivity contribution in [3.8, 4) is 11.5 Å². The standard InChI is InChI=1S/C23H24F2O4/c1-15(2)4-11-19-20(29-13-3-12-24)14-17(21(22(19)26)23(27)28)8-5-16-6-9-18(25)10-7-16/h4-10,14,26H,3,11-13H2,1-2H3,(H,27,28)/b8-5+. The van der Waals surface area contributed by atoms with Crippen LogP contribution in [0.5, 0.6) is 11.5 Å². The number of carbonyl (C=O) groups is 1. The summed E-state index contributed by atoms with van der Waals surface area (Å²) in [6.07, 6.45) is 5.44. The van der Waals surface area contributed by atoms with Crippen molar-refractivity contribution in [2.45, 2.75) is 26.7 Å². The van der Waals surface area contributed by atoms with Gasteiger partial charge in [0.2, 0.25) is 0 Å². The van der Waals surface area contributed by atoms with Crippen molar-refractivity contribution in [3.63, 3.8) is 0 Å². The summed E-state index contributed by atoms with van der Waals surface area (Å²) in [5, 5.41) is 20.3. The van der Waals surface area contributed by atoms with E-state index >= 15 is 0 Å². The maximum absolute atomic E-state index is 13.1. The molecule has 6 heteroatoms. The number of aromatic hydroxyl groups is 1. The number of carboxylic acids is 1. The van der Waals surface area contributed by atoms with Gasteiger partial charge >= 0.3 is 5.97 Å². The first kappa shape index (κ1) is 22.1. The molecule has 0 fully saturated rings. The zero-order chi connectivity index (χ0) is 21.4. The fourth-order valence-corrected chi connectivity index (χ4v) is 2.69. The van der Waals surface area contributed by atoms with Crippen LogP contribution in [0.3, 0.4) is 0 Å². The highest BCUT2D eigenvalue weighted by molar-refractivity contribution is 5.97. The number of aromatic carboxylic acids is 1. The van der Waals surface area contributed by atoms with Crippen molar-refractivity contribution in [2.75, 3.05) is 13.3 Å². The molecule has 2 rings (SSSR count). The van der Waals surface area contributed by atoms with Gasteiger partial charge in [0, 0.05) is 12.0 Å². The molecule has 0 aromatic heterocycles. The number of halogens is 2. The molecule has 29 heavy (non-hydrogen) atoms. The van der Waals surface area contributed by atoms with Crippen molar-refractivity contribution in [1.82, 2.24) is 0 Å². The Morgan fingerprint density at radius 1 is 1.17 bits per heavy atom. The van der Waals surface area contributed by atoms with E-state index in [-0.39, 0.29) is 42.1 Å². The van der Waals surface area contributed by atoms with E-state index in [1.54, 1.807) is 18.2 Å². The smallest absolute Gasteiger partial charge is 0.340 e. The number of ether oxygens (including phenoxy) is 1. The molecule has 2 aromatic rings. The highest BCUT2D eigenvalue weighted by Crippen LogP contribution is 2.36. The molecule has 0 saturated heterocycles. The van der Waals surface area contributed by atoms with Crippen LogP contribution in [0.4, 0.5) is 8.78 Å². The van der Waals surface area contributed by atoms with E-state index in [1.165, 1.54) is 24.3 Å². The number of rotatable bonds is 9. The number of carboxylic acid groups (broad SMARTS) is 1. The second-order valence-electron chi connectivity index (χ2n) is 6.73. The van der Waals surface area contributed by atoms with Gasteiger partial charge in [-0.2, -0.15) is 0 Å². The lowest BCUT2D eigenvalue weighted by Crippen LogP contribution is -2.07. The Balaban J connectivity index is 2.54. The summed E-state index contributed by atoms with van der Waals surface area (Å²) >= 11 is 0. The van der Waals surface area contributed by atoms with Gasteiger partial charge in [-0.15, -0.1) is 0 Å². The van der Waals surface area contributed by atoms with Gasteiger partial charge in [-0.25, -0.2) is 9.18 Å². The third kappa shape index (κ3) is 6.17. The molecule has 0 spiro atoms. The van der Waals surface area contributed by atoms with Crippen LogP contribution in [-0.2, 0) is 6.42 Å². The molecule has 0 aliphatic heterocycles. The van der Waals surface area contributed by atoms with Crippen LogP contribution in [0.2, 0.25) is 0 Å². The molecular weight excluding hydrogens is 378 g/mol. The van der Waals surface area contributed by atoms with Gasteiger partial charge in [-0.05, 0) is 49.6 Å². The van der Waals surface area contributed by atoms with Gasteiger partial charge in [0.1, 0.15) is 22.9 Å². The van der Waals surface area contributed by atoms with Crippen molar-refractivity contribution >= 4 is 18.1 Å². The number of allylic oxidation sites excluding steroid dienone is 2. The lowest BCUT2D eigenvalue weighted by atomic mass is 9.97. The highest BCUT2D eigenvalue weighted by Gasteiger charge is 2.21. The van der Waals surface area contributed by atoms with Crippen LogP contribution < -0.4 is 4.74 Å². The summed E-state index contributed by atoms with van der Waals surface area (Å²) in [6, 6.07) is 7.21. The van der Waals surface area contributed by atoms with Crippen LogP contribution in [0, 0.1) is 5.82 Å². The second-order valence-corrected chi connectivity index (χ2v) is 6.73. The molecule has 0 radical (unpaired) electrons. The number of hydrogen-bond donors (Lipinski definition) is 2. The number of hydrogen-bond acceptors (Lipinski definition) is 3. The topological polar surface area (TPSA) is 66.8 Å². The van der Waals surface area contributed by atoms with Crippen molar-refractivity contribution < 1.29 is 28.5 Å². The van der Waals surface area contributed by atoms with Crippen molar-refractivity contribution in [1.29, 1.82) is 0 Å². The largest absolute Gasteiger partial charge is 0.507 e. The lowest BCUT2D eigenvalue weighted by molar-refractivity contribution is 0.0693. The summed E-state index contributed by atoms with van der Waals surface area (Å²) in [5.74, 6) is -1.74. The number of alkyl halides is 1. The Hall–Kier alpha value is -3.15. The van der Waals surface area contributed by atoms with E-state index in [2.05, 4.69) is 0 Å². The molecule has 154 valence electrons. The average Bonchev–Trinajstić information content (AvgIpc) is 2.66. The van der Waals surface area contributed by atoms with Crippen LogP contribution in [0.15, 0.2) is 42.0 Å². The van der Waals surface area contributed by atoms with Gasteiger partial charge in [0.25, 0.3) is 0 Å². The molecule has 0 aliphatic rings. The van der Waals surface area contributed by atoms with Crippen LogP contribution in [0.25, 0.3) is 12.2 Å². The van der Waals surface area contributed by atoms with Crippen LogP contribution in [0.1, 0.15) is 47.3 Å². The molecule has 0 amide bonds. The molecule has 4 nitrogen and oxygen atoms in total. The third-order valence-electron chi connectivity index (χ3n) is 4.18. The monoisotopic (exact) mass is 402 g/mol. The first-order valence-electron chi connectivity index (χ1n) is 9.21. The van der Waals surface area contributed by atoms with Gasteiger partial charge in [-0.3, -0.25) is 4.39 Å². The first-order valence-corrected chi connectivity index (χ1v) is 9.21. The van der Waals surface area contributed by atoms with E-state index in [0.717, 1.165) is 5.57 Å². The second kappa shape index (κ2) is 10.4. The Morgan fingerprint density at radius 2 is 1.86 bits per heavy atom. The van der Waals surface area contributed by atoms with E-state index in [0.29, 0.717) is 16.9 Å². The quantitative estimate of drug-likeness (QED) is 0.323. The van der Waals surface area contributed by atoms with Gasteiger partial charge in [-0.1, -0.05) is 35.9 Å². The molecule has 0 unspecified atom stereocenters. The Labute approximate surface area is 168 Å². The van der Waals surface area contributed by atoms with Crippen LogP contribution >= 0.6 is 0 Å². The summed E-state index contributed by atoms with van der Waals surface area (Å²) in [6.45, 7) is 3.34. The van der Waals surface area contributed by atoms with E-state index < -0.39 is 12.6 Å². The predicted octanol–water partition coefficient (Wildman–Crippen LogP) is 5.65. The molecule has 0 atom stereocenters. The fraction of sp³-hybridized carbons (Fsp3) is 0.261. The highest BCUT2D eigenvalue weighted by atomic mass is 19.1. The predicted molar refractivity (Wildman–Crippen MR) is 110 cm³/mol. The van der Waals surface area contributed by atoms with E-state index in [4.69, 9.17) is 4.74 Å². The zero-order valence-corrected chi connectivity index (χ0v) is 16.4. The normalized spacial score (nSPS) is 10.9. The summed E-state index contributed by atoms with van der Waals surface area (Å²) < 4.78 is 31.2. The Morgan fingerprint density at radius 3 is 2.45 bits per heavy atom. The third-order valence-corrected chi connectivity index (χ3v) is 4.18. The minimum atomic E-state index is -1.28. The summed E-state index contributed by atoms with van der Waals surface area (Å²) in [4.78, 5) is 11.8. The first-order chi connectivity index (χ1) is 13.8. The molecular formula is C23H24F2O4.